The maximum atomic E-state index is 5.37. The van der Waals surface area contributed by atoms with Crippen molar-refractivity contribution in [2.45, 2.75) is 39.5 Å². The highest BCUT2D eigenvalue weighted by Crippen LogP contribution is 2.26. The van der Waals surface area contributed by atoms with Crippen molar-refractivity contribution in [2.75, 3.05) is 0 Å². The van der Waals surface area contributed by atoms with Gasteiger partial charge in [-0.15, -0.1) is 12.3 Å². The van der Waals surface area contributed by atoms with Crippen molar-refractivity contribution in [2.24, 2.45) is 0 Å². The third-order valence-corrected chi connectivity index (χ3v) is 2.72. The van der Waals surface area contributed by atoms with E-state index in [1.165, 1.54) is 16.7 Å². The lowest BCUT2D eigenvalue weighted by molar-refractivity contribution is 0.680. The minimum Gasteiger partial charge on any atom is -0.120 e. The van der Waals surface area contributed by atoms with Crippen LogP contribution in [-0.4, -0.2) is 0 Å². The molecule has 0 saturated heterocycles. The molecule has 0 bridgehead atoms. The van der Waals surface area contributed by atoms with Crippen LogP contribution in [0.4, 0.5) is 0 Å². The molecule has 0 aliphatic rings. The van der Waals surface area contributed by atoms with Gasteiger partial charge in [-0.2, -0.15) is 0 Å². The number of hydrogen-bond donors (Lipinski definition) is 0. The number of rotatable bonds is 3. The zero-order valence-electron chi connectivity index (χ0n) is 9.30. The van der Waals surface area contributed by atoms with E-state index in [0.29, 0.717) is 5.92 Å². The Balaban J connectivity index is 2.99. The summed E-state index contributed by atoms with van der Waals surface area (Å²) in [6.07, 6.45) is 7.34. The lowest BCUT2D eigenvalue weighted by Crippen LogP contribution is -1.99. The molecule has 1 aromatic carbocycles. The quantitative estimate of drug-likeness (QED) is 0.629. The van der Waals surface area contributed by atoms with Gasteiger partial charge in [0, 0.05) is 6.42 Å². The largest absolute Gasteiger partial charge is 0.120 e. The van der Waals surface area contributed by atoms with Gasteiger partial charge in [-0.05, 0) is 37.3 Å². The van der Waals surface area contributed by atoms with Gasteiger partial charge >= 0.3 is 0 Å². The predicted octanol–water partition coefficient (Wildman–Crippen LogP) is 3.82. The van der Waals surface area contributed by atoms with Crippen LogP contribution in [0.25, 0.3) is 0 Å². The topological polar surface area (TPSA) is 0 Å². The molecule has 0 nitrogen and oxygen atoms in total. The highest BCUT2D eigenvalue weighted by Gasteiger charge is 2.10. The maximum absolute atomic E-state index is 5.37. The van der Waals surface area contributed by atoms with Crippen LogP contribution in [0, 0.1) is 26.2 Å². The summed E-state index contributed by atoms with van der Waals surface area (Å²) in [5.74, 6) is 3.29. The van der Waals surface area contributed by atoms with Crippen molar-refractivity contribution < 1.29 is 0 Å². The van der Waals surface area contributed by atoms with Gasteiger partial charge in [-0.25, -0.2) is 0 Å². The highest BCUT2D eigenvalue weighted by atomic mass is 14.1. The van der Waals surface area contributed by atoms with Gasteiger partial charge in [-0.3, -0.25) is 0 Å². The maximum Gasteiger partial charge on any atom is 0.0155 e. The average molecular weight is 186 g/mol. The summed E-state index contributed by atoms with van der Waals surface area (Å²) >= 11 is 0. The molecule has 0 radical (unpaired) electrons. The van der Waals surface area contributed by atoms with Gasteiger partial charge in [-0.1, -0.05) is 30.7 Å². The normalized spacial score (nSPS) is 12.1. The van der Waals surface area contributed by atoms with Crippen LogP contribution in [0.5, 0.6) is 0 Å². The molecule has 0 aliphatic heterocycles. The Kier molecular flexibility index (Phi) is 3.77. The molecule has 0 fully saturated rings. The van der Waals surface area contributed by atoms with E-state index in [0.717, 1.165) is 12.8 Å². The van der Waals surface area contributed by atoms with E-state index in [1.807, 2.05) is 0 Å². The smallest absolute Gasteiger partial charge is 0.0155 e. The summed E-state index contributed by atoms with van der Waals surface area (Å²) in [7, 11) is 0. The molecular formula is C14H18. The van der Waals surface area contributed by atoms with Gasteiger partial charge in [0.25, 0.3) is 0 Å². The second-order valence-electron chi connectivity index (χ2n) is 3.87. The van der Waals surface area contributed by atoms with E-state index >= 15 is 0 Å². The Morgan fingerprint density at radius 3 is 2.57 bits per heavy atom. The van der Waals surface area contributed by atoms with E-state index in [-0.39, 0.29) is 0 Å². The molecule has 1 unspecified atom stereocenters. The van der Waals surface area contributed by atoms with Gasteiger partial charge in [0.15, 0.2) is 0 Å². The second-order valence-corrected chi connectivity index (χ2v) is 3.87. The third kappa shape index (κ3) is 2.39. The predicted molar refractivity (Wildman–Crippen MR) is 62.4 cm³/mol. The van der Waals surface area contributed by atoms with Gasteiger partial charge in [0.1, 0.15) is 0 Å². The molecule has 0 aromatic heterocycles. The summed E-state index contributed by atoms with van der Waals surface area (Å²) in [5.41, 5.74) is 4.10. The number of terminal acetylenes is 1. The van der Waals surface area contributed by atoms with Crippen molar-refractivity contribution >= 4 is 0 Å². The minimum atomic E-state index is 0.528. The molecule has 1 rings (SSSR count). The lowest BCUT2D eigenvalue weighted by atomic mass is 9.89. The standard InChI is InChI=1S/C14H18/c1-5-7-13(6-2)14-9-8-11(3)10-12(14)4/h1,8-10,13H,6-7H2,2-4H3. The SMILES string of the molecule is C#CCC(CC)c1ccc(C)cc1C. The Morgan fingerprint density at radius 2 is 2.07 bits per heavy atom. The van der Waals surface area contributed by atoms with Crippen LogP contribution in [0.15, 0.2) is 18.2 Å². The zero-order valence-corrected chi connectivity index (χ0v) is 9.30. The fourth-order valence-electron chi connectivity index (χ4n) is 1.90. The van der Waals surface area contributed by atoms with Crippen molar-refractivity contribution in [3.05, 3.63) is 34.9 Å². The summed E-state index contributed by atoms with van der Waals surface area (Å²) < 4.78 is 0. The molecular weight excluding hydrogens is 168 g/mol. The van der Waals surface area contributed by atoms with Crippen molar-refractivity contribution in [3.63, 3.8) is 0 Å². The Labute approximate surface area is 87.4 Å². The first-order valence-corrected chi connectivity index (χ1v) is 5.19. The summed E-state index contributed by atoms with van der Waals surface area (Å²) in [6.45, 7) is 6.49. The molecule has 0 aliphatic carbocycles. The van der Waals surface area contributed by atoms with Crippen LogP contribution in [-0.2, 0) is 0 Å². The molecule has 0 amide bonds. The Hall–Kier alpha value is -1.22. The molecule has 0 saturated carbocycles. The van der Waals surface area contributed by atoms with Crippen LogP contribution in [0.2, 0.25) is 0 Å². The van der Waals surface area contributed by atoms with E-state index < -0.39 is 0 Å². The first-order valence-electron chi connectivity index (χ1n) is 5.19. The van der Waals surface area contributed by atoms with Crippen LogP contribution in [0.1, 0.15) is 42.4 Å². The van der Waals surface area contributed by atoms with Gasteiger partial charge in [0.2, 0.25) is 0 Å². The number of hydrogen-bond acceptors (Lipinski definition) is 0. The van der Waals surface area contributed by atoms with Crippen molar-refractivity contribution in [1.29, 1.82) is 0 Å². The molecule has 0 N–H and O–H groups in total. The van der Waals surface area contributed by atoms with Crippen LogP contribution >= 0.6 is 0 Å². The van der Waals surface area contributed by atoms with E-state index in [4.69, 9.17) is 6.42 Å². The first-order chi connectivity index (χ1) is 6.69. The molecule has 74 valence electrons. The molecule has 1 atom stereocenters. The van der Waals surface area contributed by atoms with E-state index in [2.05, 4.69) is 44.9 Å². The average Bonchev–Trinajstić information content (AvgIpc) is 2.15. The summed E-state index contributed by atoms with van der Waals surface area (Å²) in [4.78, 5) is 0. The minimum absolute atomic E-state index is 0.528. The fraction of sp³-hybridized carbons (Fsp3) is 0.429. The van der Waals surface area contributed by atoms with Crippen LogP contribution < -0.4 is 0 Å². The van der Waals surface area contributed by atoms with Crippen molar-refractivity contribution in [1.82, 2.24) is 0 Å². The molecule has 0 heterocycles. The summed E-state index contributed by atoms with van der Waals surface area (Å²) in [5, 5.41) is 0. The fourth-order valence-corrected chi connectivity index (χ4v) is 1.90. The van der Waals surface area contributed by atoms with Crippen molar-refractivity contribution in [3.8, 4) is 12.3 Å². The molecule has 14 heavy (non-hydrogen) atoms. The number of benzene rings is 1. The highest BCUT2D eigenvalue weighted by molar-refractivity contribution is 5.33. The lowest BCUT2D eigenvalue weighted by Gasteiger charge is -2.15. The molecule has 0 spiro atoms. The summed E-state index contributed by atoms with van der Waals surface area (Å²) in [6, 6.07) is 6.62. The second kappa shape index (κ2) is 4.86. The zero-order chi connectivity index (χ0) is 10.6. The first kappa shape index (κ1) is 10.9. The third-order valence-electron chi connectivity index (χ3n) is 2.72. The van der Waals surface area contributed by atoms with Gasteiger partial charge in [0.05, 0.1) is 0 Å². The number of aryl methyl sites for hydroxylation is 2. The van der Waals surface area contributed by atoms with Gasteiger partial charge < -0.3 is 0 Å². The Morgan fingerprint density at radius 1 is 1.36 bits per heavy atom. The van der Waals surface area contributed by atoms with Crippen LogP contribution in [0.3, 0.4) is 0 Å². The van der Waals surface area contributed by atoms with E-state index in [1.54, 1.807) is 0 Å². The Bertz CT molecular complexity index is 342. The van der Waals surface area contributed by atoms with E-state index in [9.17, 15) is 0 Å². The molecule has 0 heteroatoms. The molecule has 1 aromatic rings. The monoisotopic (exact) mass is 186 g/mol.